The zero-order valence-corrected chi connectivity index (χ0v) is 38.1. The molecule has 0 saturated heterocycles. The molecule has 0 fully saturated rings. The van der Waals surface area contributed by atoms with E-state index in [0.717, 1.165) is 10.0 Å². The van der Waals surface area contributed by atoms with Crippen LogP contribution in [0.25, 0.3) is 66.1 Å². The predicted molar refractivity (Wildman–Crippen MR) is 258 cm³/mol. The maximum absolute atomic E-state index is 6.72. The van der Waals surface area contributed by atoms with Gasteiger partial charge < -0.3 is 0 Å². The van der Waals surface area contributed by atoms with Crippen LogP contribution in [0, 0.1) is 0 Å². The van der Waals surface area contributed by atoms with E-state index in [1.54, 1.807) is 0 Å². The van der Waals surface area contributed by atoms with Crippen LogP contribution in [0.1, 0.15) is 99.9 Å². The van der Waals surface area contributed by atoms with Crippen LogP contribution >= 0.6 is 46.4 Å². The van der Waals surface area contributed by atoms with E-state index in [0.29, 0.717) is 10.0 Å². The van der Waals surface area contributed by atoms with Crippen LogP contribution in [0.2, 0.25) is 20.1 Å². The highest BCUT2D eigenvalue weighted by Crippen LogP contribution is 2.60. The molecular formula is C56H44Cl4. The summed E-state index contributed by atoms with van der Waals surface area (Å²) in [6.45, 7) is 18.4. The molecular weight excluding hydrogens is 814 g/mol. The number of halogens is 4. The first kappa shape index (κ1) is 38.4. The van der Waals surface area contributed by atoms with Gasteiger partial charge in [-0.3, -0.25) is 0 Å². The Morgan fingerprint density at radius 1 is 0.333 bits per heavy atom. The molecule has 0 aromatic heterocycles. The number of fused-ring (bicyclic) bond motifs is 13. The lowest BCUT2D eigenvalue weighted by Crippen LogP contribution is -2.24. The molecule has 0 saturated carbocycles. The molecule has 60 heavy (non-hydrogen) atoms. The molecule has 12 rings (SSSR count). The first-order valence-corrected chi connectivity index (χ1v) is 22.4. The number of benzene rings is 8. The van der Waals surface area contributed by atoms with E-state index in [2.05, 4.69) is 165 Å². The van der Waals surface area contributed by atoms with Gasteiger partial charge in [-0.2, -0.15) is 0 Å². The SMILES string of the molecule is CC1(C)c2cc3c(cc2-c2c1ccc1ccccc21)C(C)(C)c1c(Cl)cc(Cl)cc1-3.CC1(C)c2cc3c(cc2-c2cc(Cl)cc(Cl)c21)C(C)(C)c1cccc2cccc-3c12. The van der Waals surface area contributed by atoms with E-state index in [9.17, 15) is 0 Å². The number of hydrogen-bond donors (Lipinski definition) is 0. The lowest BCUT2D eigenvalue weighted by atomic mass is 9.67. The van der Waals surface area contributed by atoms with E-state index in [4.69, 9.17) is 46.4 Å². The zero-order chi connectivity index (χ0) is 42.0. The number of rotatable bonds is 0. The molecule has 4 heteroatoms. The van der Waals surface area contributed by atoms with Crippen molar-refractivity contribution in [1.82, 2.24) is 0 Å². The average molecular weight is 859 g/mol. The summed E-state index contributed by atoms with van der Waals surface area (Å²) < 4.78 is 0. The van der Waals surface area contributed by atoms with Crippen LogP contribution in [0.5, 0.6) is 0 Å². The van der Waals surface area contributed by atoms with E-state index in [1.165, 1.54) is 111 Å². The fraction of sp³-hybridized carbons (Fsp3) is 0.214. The molecule has 0 bridgehead atoms. The summed E-state index contributed by atoms with van der Waals surface area (Å²) in [6, 6.07) is 44.2. The van der Waals surface area contributed by atoms with Crippen molar-refractivity contribution in [2.75, 3.05) is 0 Å². The fourth-order valence-electron chi connectivity index (χ4n) is 11.7. The molecule has 0 heterocycles. The molecule has 4 aliphatic carbocycles. The summed E-state index contributed by atoms with van der Waals surface area (Å²) >= 11 is 26.3. The van der Waals surface area contributed by atoms with Crippen LogP contribution in [0.4, 0.5) is 0 Å². The summed E-state index contributed by atoms with van der Waals surface area (Å²) in [5.41, 5.74) is 20.4. The van der Waals surface area contributed by atoms with Crippen molar-refractivity contribution in [2.24, 2.45) is 0 Å². The Hall–Kier alpha value is -4.56. The predicted octanol–water partition coefficient (Wildman–Crippen LogP) is 17.5. The average Bonchev–Trinajstić information content (AvgIpc) is 3.67. The van der Waals surface area contributed by atoms with Crippen molar-refractivity contribution >= 4 is 67.9 Å². The normalized spacial score (nSPS) is 16.9. The van der Waals surface area contributed by atoms with Crippen molar-refractivity contribution in [2.45, 2.75) is 77.0 Å². The van der Waals surface area contributed by atoms with E-state index in [1.807, 2.05) is 12.1 Å². The monoisotopic (exact) mass is 856 g/mol. The lowest BCUT2D eigenvalue weighted by Gasteiger charge is -2.36. The Labute approximate surface area is 373 Å². The second-order valence-corrected chi connectivity index (χ2v) is 21.1. The van der Waals surface area contributed by atoms with Crippen LogP contribution in [0.15, 0.2) is 121 Å². The van der Waals surface area contributed by atoms with Crippen LogP contribution in [0.3, 0.4) is 0 Å². The maximum atomic E-state index is 6.72. The molecule has 8 aromatic carbocycles. The van der Waals surface area contributed by atoms with Gasteiger partial charge in [0.15, 0.2) is 0 Å². The van der Waals surface area contributed by atoms with E-state index >= 15 is 0 Å². The smallest absolute Gasteiger partial charge is 0.0467 e. The molecule has 0 unspecified atom stereocenters. The standard InChI is InChI=1S/2C28H22Cl2/c1-27(2)21-10-6-8-15-7-5-9-17(25(15)21)18-13-23-19(14-22(18)27)20-11-16(29)12-24(30)26(20)28(23,3)4;1-27(2)21-10-9-15-7-5-6-8-17(15)25(21)20-14-22-18(13-23(20)27)19-11-16(29)12-24(30)26(19)28(22,3)4/h2*5-14H,1-4H3. The first-order valence-electron chi connectivity index (χ1n) is 20.9. The van der Waals surface area contributed by atoms with Gasteiger partial charge in [0.25, 0.3) is 0 Å². The molecule has 0 N–H and O–H groups in total. The molecule has 0 atom stereocenters. The Morgan fingerprint density at radius 3 is 1.40 bits per heavy atom. The fourth-order valence-corrected chi connectivity index (χ4v) is 13.2. The topological polar surface area (TPSA) is 0 Å². The molecule has 8 aromatic rings. The zero-order valence-electron chi connectivity index (χ0n) is 35.1. The third kappa shape index (κ3) is 5.00. The molecule has 0 aliphatic heterocycles. The minimum Gasteiger partial charge on any atom is -0.0843 e. The molecule has 4 aliphatic rings. The third-order valence-electron chi connectivity index (χ3n) is 14.7. The summed E-state index contributed by atoms with van der Waals surface area (Å²) in [7, 11) is 0. The molecule has 0 spiro atoms. The Balaban J connectivity index is 0.000000136. The maximum Gasteiger partial charge on any atom is 0.0467 e. The van der Waals surface area contributed by atoms with Gasteiger partial charge in [-0.1, -0.05) is 175 Å². The summed E-state index contributed by atoms with van der Waals surface area (Å²) in [5.74, 6) is 0. The molecule has 0 nitrogen and oxygen atoms in total. The Kier molecular flexibility index (Phi) is 8.01. The number of hydrogen-bond acceptors (Lipinski definition) is 0. The van der Waals surface area contributed by atoms with Gasteiger partial charge in [0.2, 0.25) is 0 Å². The summed E-state index contributed by atoms with van der Waals surface area (Å²) in [6.07, 6.45) is 0. The highest BCUT2D eigenvalue weighted by molar-refractivity contribution is 6.37. The van der Waals surface area contributed by atoms with Crippen molar-refractivity contribution in [1.29, 1.82) is 0 Å². The lowest BCUT2D eigenvalue weighted by molar-refractivity contribution is 0.639. The minimum absolute atomic E-state index is 0.0566. The van der Waals surface area contributed by atoms with Gasteiger partial charge in [-0.05, 0) is 159 Å². The van der Waals surface area contributed by atoms with Crippen LogP contribution < -0.4 is 0 Å². The van der Waals surface area contributed by atoms with Gasteiger partial charge >= 0.3 is 0 Å². The van der Waals surface area contributed by atoms with Gasteiger partial charge in [-0.15, -0.1) is 0 Å². The Morgan fingerprint density at radius 2 is 0.800 bits per heavy atom. The van der Waals surface area contributed by atoms with Crippen molar-refractivity contribution in [3.05, 3.63) is 186 Å². The quantitative estimate of drug-likeness (QED) is 0.143. The largest absolute Gasteiger partial charge is 0.0843 e. The minimum atomic E-state index is -0.170. The van der Waals surface area contributed by atoms with Crippen LogP contribution in [-0.4, -0.2) is 0 Å². The second kappa shape index (κ2) is 12.5. The third-order valence-corrected chi connectivity index (χ3v) is 15.7. The van der Waals surface area contributed by atoms with E-state index < -0.39 is 0 Å². The van der Waals surface area contributed by atoms with Crippen molar-refractivity contribution in [3.8, 4) is 44.5 Å². The van der Waals surface area contributed by atoms with Crippen molar-refractivity contribution < 1.29 is 0 Å². The van der Waals surface area contributed by atoms with Crippen LogP contribution in [-0.2, 0) is 21.7 Å². The Bertz CT molecular complexity index is 3230. The first-order chi connectivity index (χ1) is 28.4. The molecule has 0 radical (unpaired) electrons. The summed E-state index contributed by atoms with van der Waals surface area (Å²) in [4.78, 5) is 0. The highest BCUT2D eigenvalue weighted by atomic mass is 35.5. The molecule has 296 valence electrons. The van der Waals surface area contributed by atoms with Gasteiger partial charge in [-0.25, -0.2) is 0 Å². The van der Waals surface area contributed by atoms with Gasteiger partial charge in [0, 0.05) is 41.8 Å². The van der Waals surface area contributed by atoms with Gasteiger partial charge in [0.05, 0.1) is 0 Å². The summed E-state index contributed by atoms with van der Waals surface area (Å²) in [5, 5.41) is 8.19. The molecule has 0 amide bonds. The highest BCUT2D eigenvalue weighted by Gasteiger charge is 2.44. The second-order valence-electron chi connectivity index (χ2n) is 19.4. The van der Waals surface area contributed by atoms with E-state index in [-0.39, 0.29) is 21.7 Å². The van der Waals surface area contributed by atoms with Crippen molar-refractivity contribution in [3.63, 3.8) is 0 Å². The van der Waals surface area contributed by atoms with Gasteiger partial charge in [0.1, 0.15) is 0 Å².